The number of hydrogen-bond acceptors (Lipinski definition) is 4. The highest BCUT2D eigenvalue weighted by molar-refractivity contribution is 7.94. The zero-order chi connectivity index (χ0) is 20.4. The second kappa shape index (κ2) is 7.64. The van der Waals surface area contributed by atoms with Crippen molar-refractivity contribution < 1.29 is 26.4 Å². The lowest BCUT2D eigenvalue weighted by Gasteiger charge is -2.10. The molecule has 3 aromatic rings. The van der Waals surface area contributed by atoms with Gasteiger partial charge < -0.3 is 5.32 Å². The highest BCUT2D eigenvalue weighted by atomic mass is 32.2. The van der Waals surface area contributed by atoms with E-state index in [1.807, 2.05) is 0 Å². The molecule has 1 heterocycles. The van der Waals surface area contributed by atoms with Crippen LogP contribution in [-0.2, 0) is 16.2 Å². The van der Waals surface area contributed by atoms with Gasteiger partial charge in [0.2, 0.25) is 0 Å². The molecule has 5 nitrogen and oxygen atoms in total. The molecule has 0 fully saturated rings. The highest BCUT2D eigenvalue weighted by Crippen LogP contribution is 2.30. The van der Waals surface area contributed by atoms with Gasteiger partial charge in [0.15, 0.2) is 0 Å². The van der Waals surface area contributed by atoms with Gasteiger partial charge in [0.25, 0.3) is 15.9 Å². The number of amides is 1. The maximum atomic E-state index is 12.6. The molecule has 0 saturated carbocycles. The molecule has 0 aliphatic rings. The molecule has 2 N–H and O–H groups in total. The first-order valence-corrected chi connectivity index (χ1v) is 10.2. The molecule has 10 heteroatoms. The fourth-order valence-electron chi connectivity index (χ4n) is 2.26. The predicted molar refractivity (Wildman–Crippen MR) is 101 cm³/mol. The van der Waals surface area contributed by atoms with Gasteiger partial charge in [-0.3, -0.25) is 9.52 Å². The van der Waals surface area contributed by atoms with Gasteiger partial charge in [0, 0.05) is 16.9 Å². The maximum Gasteiger partial charge on any atom is 0.416 e. The SMILES string of the molecule is O=C(Nc1ccc(C(F)(F)F)cc1)c1ccc(NS(=O)(=O)c2cccs2)cc1. The molecule has 1 aromatic heterocycles. The molecular weight excluding hydrogens is 413 g/mol. The van der Waals surface area contributed by atoms with Crippen LogP contribution in [0.2, 0.25) is 0 Å². The molecule has 0 aliphatic carbocycles. The van der Waals surface area contributed by atoms with Crippen LogP contribution in [0.3, 0.4) is 0 Å². The Kier molecular flexibility index (Phi) is 5.43. The van der Waals surface area contributed by atoms with E-state index in [1.54, 1.807) is 11.4 Å². The Morgan fingerprint density at radius 1 is 0.893 bits per heavy atom. The van der Waals surface area contributed by atoms with Gasteiger partial charge in [-0.05, 0) is 60.0 Å². The summed E-state index contributed by atoms with van der Waals surface area (Å²) in [6.45, 7) is 0. The number of alkyl halides is 3. The topological polar surface area (TPSA) is 75.3 Å². The first-order valence-electron chi connectivity index (χ1n) is 7.80. The Morgan fingerprint density at radius 2 is 1.50 bits per heavy atom. The maximum absolute atomic E-state index is 12.6. The Hall–Kier alpha value is -2.85. The van der Waals surface area contributed by atoms with Crippen LogP contribution in [-0.4, -0.2) is 14.3 Å². The summed E-state index contributed by atoms with van der Waals surface area (Å²) in [6, 6.07) is 12.8. The van der Waals surface area contributed by atoms with Crippen molar-refractivity contribution >= 4 is 38.6 Å². The van der Waals surface area contributed by atoms with E-state index < -0.39 is 27.7 Å². The third-order valence-electron chi connectivity index (χ3n) is 3.63. The van der Waals surface area contributed by atoms with Crippen LogP contribution in [0.1, 0.15) is 15.9 Å². The number of nitrogens with one attached hydrogen (secondary N) is 2. The van der Waals surface area contributed by atoms with E-state index in [4.69, 9.17) is 0 Å². The number of carbonyl (C=O) groups excluding carboxylic acids is 1. The van der Waals surface area contributed by atoms with Gasteiger partial charge in [0.1, 0.15) is 4.21 Å². The van der Waals surface area contributed by atoms with Crippen LogP contribution in [0.25, 0.3) is 0 Å². The predicted octanol–water partition coefficient (Wildman–Crippen LogP) is 4.82. The largest absolute Gasteiger partial charge is 0.416 e. The summed E-state index contributed by atoms with van der Waals surface area (Å²) in [6.07, 6.45) is -4.45. The van der Waals surface area contributed by atoms with Crippen molar-refractivity contribution in [1.29, 1.82) is 0 Å². The number of anilines is 2. The number of rotatable bonds is 5. The van der Waals surface area contributed by atoms with E-state index >= 15 is 0 Å². The van der Waals surface area contributed by atoms with E-state index in [0.717, 1.165) is 35.6 Å². The number of benzene rings is 2. The van der Waals surface area contributed by atoms with Crippen LogP contribution in [0.5, 0.6) is 0 Å². The Morgan fingerprint density at radius 3 is 2.04 bits per heavy atom. The smallest absolute Gasteiger partial charge is 0.322 e. The molecule has 0 radical (unpaired) electrons. The first-order chi connectivity index (χ1) is 13.1. The Labute approximate surface area is 162 Å². The molecule has 0 unspecified atom stereocenters. The molecule has 0 aliphatic heterocycles. The Bertz CT molecular complexity index is 1060. The lowest BCUT2D eigenvalue weighted by Crippen LogP contribution is -2.13. The van der Waals surface area contributed by atoms with Crippen LogP contribution < -0.4 is 10.0 Å². The minimum absolute atomic E-state index is 0.164. The fraction of sp³-hybridized carbons (Fsp3) is 0.0556. The van der Waals surface area contributed by atoms with Crippen molar-refractivity contribution in [2.24, 2.45) is 0 Å². The molecule has 146 valence electrons. The summed E-state index contributed by atoms with van der Waals surface area (Å²) >= 11 is 1.08. The minimum atomic E-state index is -4.45. The van der Waals surface area contributed by atoms with Crippen molar-refractivity contribution in [3.05, 3.63) is 77.2 Å². The van der Waals surface area contributed by atoms with E-state index in [-0.39, 0.29) is 21.1 Å². The molecule has 0 bridgehead atoms. The van der Waals surface area contributed by atoms with Gasteiger partial charge in [-0.2, -0.15) is 13.2 Å². The van der Waals surface area contributed by atoms with E-state index in [2.05, 4.69) is 10.0 Å². The van der Waals surface area contributed by atoms with E-state index in [1.165, 1.54) is 30.3 Å². The number of thiophene rings is 1. The van der Waals surface area contributed by atoms with E-state index in [9.17, 15) is 26.4 Å². The third kappa shape index (κ3) is 4.70. The second-order valence-electron chi connectivity index (χ2n) is 5.64. The molecule has 0 saturated heterocycles. The summed E-state index contributed by atoms with van der Waals surface area (Å²) in [4.78, 5) is 12.2. The lowest BCUT2D eigenvalue weighted by molar-refractivity contribution is -0.137. The normalized spacial score (nSPS) is 11.8. The van der Waals surface area contributed by atoms with Crippen molar-refractivity contribution in [1.82, 2.24) is 0 Å². The monoisotopic (exact) mass is 426 g/mol. The average Bonchev–Trinajstić information content (AvgIpc) is 3.17. The van der Waals surface area contributed by atoms with Crippen LogP contribution in [0, 0.1) is 0 Å². The standard InChI is InChI=1S/C18H13F3N2O3S2/c19-18(20,21)13-5-9-14(10-6-13)22-17(24)12-3-7-15(8-4-12)23-28(25,26)16-2-1-11-27-16/h1-11,23H,(H,22,24). The molecule has 1 amide bonds. The summed E-state index contributed by atoms with van der Waals surface area (Å²) < 4.78 is 64.6. The zero-order valence-electron chi connectivity index (χ0n) is 14.0. The van der Waals surface area contributed by atoms with Crippen molar-refractivity contribution in [3.63, 3.8) is 0 Å². The van der Waals surface area contributed by atoms with Gasteiger partial charge in [-0.25, -0.2) is 8.42 Å². The molecule has 3 rings (SSSR count). The number of carbonyl (C=O) groups is 1. The van der Waals surface area contributed by atoms with Crippen LogP contribution >= 0.6 is 11.3 Å². The zero-order valence-corrected chi connectivity index (χ0v) is 15.7. The van der Waals surface area contributed by atoms with Gasteiger partial charge in [0.05, 0.1) is 5.56 Å². The summed E-state index contributed by atoms with van der Waals surface area (Å²) in [5, 5.41) is 4.13. The molecule has 28 heavy (non-hydrogen) atoms. The first kappa shape index (κ1) is 19.9. The van der Waals surface area contributed by atoms with Gasteiger partial charge in [-0.1, -0.05) is 6.07 Å². The van der Waals surface area contributed by atoms with E-state index in [0.29, 0.717) is 0 Å². The second-order valence-corrected chi connectivity index (χ2v) is 8.50. The van der Waals surface area contributed by atoms with Crippen LogP contribution in [0.4, 0.5) is 24.5 Å². The third-order valence-corrected chi connectivity index (χ3v) is 6.41. The van der Waals surface area contributed by atoms with Crippen molar-refractivity contribution in [2.75, 3.05) is 10.0 Å². The summed E-state index contributed by atoms with van der Waals surface area (Å²) in [5.41, 5.74) is -0.105. The van der Waals surface area contributed by atoms with Gasteiger partial charge in [-0.15, -0.1) is 11.3 Å². The minimum Gasteiger partial charge on any atom is -0.322 e. The number of halogens is 3. The molecular formula is C18H13F3N2O3S2. The highest BCUT2D eigenvalue weighted by Gasteiger charge is 2.30. The van der Waals surface area contributed by atoms with Crippen molar-refractivity contribution in [3.8, 4) is 0 Å². The van der Waals surface area contributed by atoms with Crippen molar-refractivity contribution in [2.45, 2.75) is 10.4 Å². The number of hydrogen-bond donors (Lipinski definition) is 2. The molecule has 0 atom stereocenters. The van der Waals surface area contributed by atoms with Crippen LogP contribution in [0.15, 0.2) is 70.3 Å². The summed E-state index contributed by atoms with van der Waals surface area (Å²) in [5.74, 6) is -0.535. The number of sulfonamides is 1. The summed E-state index contributed by atoms with van der Waals surface area (Å²) in [7, 11) is -3.69. The molecule has 2 aromatic carbocycles. The Balaban J connectivity index is 1.67. The average molecular weight is 426 g/mol. The van der Waals surface area contributed by atoms with Gasteiger partial charge >= 0.3 is 6.18 Å². The molecule has 0 spiro atoms. The quantitative estimate of drug-likeness (QED) is 0.614. The lowest BCUT2D eigenvalue weighted by atomic mass is 10.1. The fourth-order valence-corrected chi connectivity index (χ4v) is 4.31.